The summed E-state index contributed by atoms with van der Waals surface area (Å²) in [6, 6.07) is 14.5. The fraction of sp³-hybridized carbons (Fsp3) is 0.316. The number of nitro groups is 1. The van der Waals surface area contributed by atoms with Crippen molar-refractivity contribution in [1.82, 2.24) is 5.32 Å². The van der Waals surface area contributed by atoms with E-state index >= 15 is 0 Å². The van der Waals surface area contributed by atoms with E-state index in [9.17, 15) is 14.9 Å². The summed E-state index contributed by atoms with van der Waals surface area (Å²) in [7, 11) is 1.25. The molecule has 2 aromatic carbocycles. The van der Waals surface area contributed by atoms with Crippen LogP contribution < -0.4 is 10.6 Å². The molecule has 0 fully saturated rings. The summed E-state index contributed by atoms with van der Waals surface area (Å²) >= 11 is 0. The van der Waals surface area contributed by atoms with E-state index in [2.05, 4.69) is 22.8 Å². The molecule has 1 atom stereocenters. The molecule has 146 valence electrons. The molecule has 8 heteroatoms. The fourth-order valence-corrected chi connectivity index (χ4v) is 2.59. The number of ether oxygens (including phenoxy) is 1. The van der Waals surface area contributed by atoms with Gasteiger partial charge >= 0.3 is 5.97 Å². The Kier molecular flexibility index (Phi) is 9.25. The molecule has 0 heterocycles. The predicted octanol–water partition coefficient (Wildman–Crippen LogP) is 3.44. The van der Waals surface area contributed by atoms with Crippen LogP contribution in [0.15, 0.2) is 48.5 Å². The van der Waals surface area contributed by atoms with Crippen LogP contribution in [-0.2, 0) is 11.2 Å². The summed E-state index contributed by atoms with van der Waals surface area (Å²) in [6.07, 6.45) is 0.893. The highest BCUT2D eigenvalue weighted by molar-refractivity contribution is 5.98. The average molecular weight is 394 g/mol. The molecule has 0 spiro atoms. The molecule has 2 N–H and O–H groups in total. The number of carbonyl (C=O) groups is 1. The number of nitro benzene ring substituents is 1. The van der Waals surface area contributed by atoms with Gasteiger partial charge in [-0.05, 0) is 31.5 Å². The molecule has 2 aromatic rings. The van der Waals surface area contributed by atoms with Gasteiger partial charge in [0.2, 0.25) is 0 Å². The van der Waals surface area contributed by atoms with Gasteiger partial charge < -0.3 is 15.4 Å². The smallest absolute Gasteiger partial charge is 0.340 e. The fourth-order valence-electron chi connectivity index (χ4n) is 2.59. The number of anilines is 1. The predicted molar refractivity (Wildman–Crippen MR) is 108 cm³/mol. The number of rotatable bonds is 9. The summed E-state index contributed by atoms with van der Waals surface area (Å²) in [5.41, 5.74) is 1.43. The van der Waals surface area contributed by atoms with Crippen LogP contribution >= 0.6 is 12.4 Å². The highest BCUT2D eigenvalue weighted by atomic mass is 35.5. The minimum absolute atomic E-state index is 0. The van der Waals surface area contributed by atoms with Crippen molar-refractivity contribution < 1.29 is 14.5 Å². The van der Waals surface area contributed by atoms with Gasteiger partial charge in [-0.1, -0.05) is 36.4 Å². The lowest BCUT2D eigenvalue weighted by Gasteiger charge is -2.17. The van der Waals surface area contributed by atoms with Crippen LogP contribution in [0.5, 0.6) is 0 Å². The molecular weight excluding hydrogens is 370 g/mol. The molecule has 27 heavy (non-hydrogen) atoms. The number of hydrogen-bond donors (Lipinski definition) is 2. The largest absolute Gasteiger partial charge is 0.465 e. The van der Waals surface area contributed by atoms with Crippen molar-refractivity contribution in [3.63, 3.8) is 0 Å². The van der Waals surface area contributed by atoms with Gasteiger partial charge in [0.1, 0.15) is 5.69 Å². The maximum absolute atomic E-state index is 11.9. The first-order valence-electron chi connectivity index (χ1n) is 8.39. The molecule has 0 aromatic heterocycles. The topological polar surface area (TPSA) is 93.5 Å². The van der Waals surface area contributed by atoms with Crippen molar-refractivity contribution in [2.75, 3.05) is 25.5 Å². The number of benzene rings is 2. The average Bonchev–Trinajstić information content (AvgIpc) is 2.66. The van der Waals surface area contributed by atoms with Crippen molar-refractivity contribution >= 4 is 29.8 Å². The molecule has 0 bridgehead atoms. The summed E-state index contributed by atoms with van der Waals surface area (Å²) in [4.78, 5) is 22.6. The van der Waals surface area contributed by atoms with Crippen LogP contribution in [0.25, 0.3) is 0 Å². The van der Waals surface area contributed by atoms with Crippen LogP contribution in [0.2, 0.25) is 0 Å². The van der Waals surface area contributed by atoms with Crippen molar-refractivity contribution in [2.45, 2.75) is 19.4 Å². The number of hydrogen-bond acceptors (Lipinski definition) is 6. The summed E-state index contributed by atoms with van der Waals surface area (Å²) < 4.78 is 4.72. The highest BCUT2D eigenvalue weighted by Gasteiger charge is 2.22. The van der Waals surface area contributed by atoms with Gasteiger partial charge in [0.25, 0.3) is 5.69 Å². The Morgan fingerprint density at radius 1 is 1.19 bits per heavy atom. The lowest BCUT2D eigenvalue weighted by molar-refractivity contribution is -0.384. The third-order valence-corrected chi connectivity index (χ3v) is 3.98. The lowest BCUT2D eigenvalue weighted by Crippen LogP contribution is -2.34. The van der Waals surface area contributed by atoms with Crippen LogP contribution in [0.4, 0.5) is 11.4 Å². The van der Waals surface area contributed by atoms with Gasteiger partial charge in [0, 0.05) is 18.7 Å². The molecule has 7 nitrogen and oxygen atoms in total. The zero-order valence-corrected chi connectivity index (χ0v) is 16.1. The number of esters is 1. The second-order valence-corrected chi connectivity index (χ2v) is 5.92. The maximum Gasteiger partial charge on any atom is 0.340 e. The number of halogens is 1. The van der Waals surface area contributed by atoms with E-state index in [0.717, 1.165) is 13.0 Å². The molecule has 0 saturated carbocycles. The monoisotopic (exact) mass is 393 g/mol. The van der Waals surface area contributed by atoms with Crippen molar-refractivity contribution in [1.29, 1.82) is 0 Å². The molecule has 2 rings (SSSR count). The first-order valence-corrected chi connectivity index (χ1v) is 8.39. The second kappa shape index (κ2) is 11.2. The van der Waals surface area contributed by atoms with Gasteiger partial charge in [-0.15, -0.1) is 12.4 Å². The summed E-state index contributed by atoms with van der Waals surface area (Å²) in [5.74, 6) is -0.610. The minimum atomic E-state index is -0.610. The summed E-state index contributed by atoms with van der Waals surface area (Å²) in [5, 5.41) is 17.6. The summed E-state index contributed by atoms with van der Waals surface area (Å²) in [6.45, 7) is 3.20. The third-order valence-electron chi connectivity index (χ3n) is 3.98. The Hall–Kier alpha value is -2.64. The van der Waals surface area contributed by atoms with Crippen LogP contribution in [0.3, 0.4) is 0 Å². The molecular formula is C19H24ClN3O4. The maximum atomic E-state index is 11.9. The van der Waals surface area contributed by atoms with E-state index in [1.54, 1.807) is 0 Å². The molecule has 0 amide bonds. The Morgan fingerprint density at radius 2 is 1.89 bits per heavy atom. The number of nitrogens with one attached hydrogen (secondary N) is 2. The van der Waals surface area contributed by atoms with Gasteiger partial charge in [-0.2, -0.15) is 0 Å². The van der Waals surface area contributed by atoms with E-state index in [1.165, 1.54) is 30.9 Å². The highest BCUT2D eigenvalue weighted by Crippen LogP contribution is 2.28. The Labute approximate surface area is 164 Å². The van der Waals surface area contributed by atoms with Crippen molar-refractivity contribution in [3.8, 4) is 0 Å². The van der Waals surface area contributed by atoms with Gasteiger partial charge in [0.15, 0.2) is 0 Å². The Balaban J connectivity index is 0.00000364. The van der Waals surface area contributed by atoms with Crippen molar-refractivity contribution in [2.24, 2.45) is 0 Å². The van der Waals surface area contributed by atoms with E-state index < -0.39 is 10.9 Å². The second-order valence-electron chi connectivity index (χ2n) is 5.92. The van der Waals surface area contributed by atoms with Crippen LogP contribution in [0, 0.1) is 10.1 Å². The molecule has 0 saturated heterocycles. The number of nitrogens with zero attached hydrogens (tertiary/aromatic N) is 1. The zero-order valence-electron chi connectivity index (χ0n) is 15.3. The van der Waals surface area contributed by atoms with Gasteiger partial charge in [-0.3, -0.25) is 10.1 Å². The van der Waals surface area contributed by atoms with Crippen LogP contribution in [0.1, 0.15) is 22.8 Å². The zero-order chi connectivity index (χ0) is 18.9. The van der Waals surface area contributed by atoms with E-state index in [-0.39, 0.29) is 35.4 Å². The minimum Gasteiger partial charge on any atom is -0.465 e. The number of para-hydroxylation sites is 1. The first-order chi connectivity index (χ1) is 12.5. The van der Waals surface area contributed by atoms with E-state index in [1.807, 2.05) is 25.1 Å². The SMILES string of the molecule is COC(=O)c1cccc([N+](=O)[O-])c1NCC(C)NCCc1ccccc1.Cl. The molecule has 0 aliphatic carbocycles. The number of carbonyl (C=O) groups excluding carboxylic acids is 1. The molecule has 1 unspecified atom stereocenters. The van der Waals surface area contributed by atoms with Crippen molar-refractivity contribution in [3.05, 3.63) is 69.8 Å². The van der Waals surface area contributed by atoms with Gasteiger partial charge in [0.05, 0.1) is 17.6 Å². The normalized spacial score (nSPS) is 11.2. The van der Waals surface area contributed by atoms with Gasteiger partial charge in [-0.25, -0.2) is 4.79 Å². The quantitative estimate of drug-likeness (QED) is 0.385. The third kappa shape index (κ3) is 6.54. The number of methoxy groups -OCH3 is 1. The first kappa shape index (κ1) is 22.4. The standard InChI is InChI=1S/C19H23N3O4.ClH/c1-14(20-12-11-15-7-4-3-5-8-15)13-21-18-16(19(23)26-2)9-6-10-17(18)22(24)25;/h3-10,14,20-21H,11-13H2,1-2H3;1H. The molecule has 0 aliphatic rings. The Morgan fingerprint density at radius 3 is 2.52 bits per heavy atom. The van der Waals surface area contributed by atoms with E-state index in [0.29, 0.717) is 6.54 Å². The van der Waals surface area contributed by atoms with Crippen LogP contribution in [-0.4, -0.2) is 37.1 Å². The molecule has 0 radical (unpaired) electrons. The van der Waals surface area contributed by atoms with E-state index in [4.69, 9.17) is 4.74 Å². The Bertz CT molecular complexity index is 756. The lowest BCUT2D eigenvalue weighted by atomic mass is 10.1. The molecule has 0 aliphatic heterocycles.